The van der Waals surface area contributed by atoms with Gasteiger partial charge in [0.05, 0.1) is 11.1 Å². The molecule has 21 heavy (non-hydrogen) atoms. The van der Waals surface area contributed by atoms with Crippen LogP contribution in [-0.4, -0.2) is 47.5 Å². The number of nitrogens with one attached hydrogen (secondary N) is 1. The van der Waals surface area contributed by atoms with E-state index in [0.29, 0.717) is 17.7 Å². The van der Waals surface area contributed by atoms with Gasteiger partial charge in [-0.1, -0.05) is 31.9 Å². The third-order valence-electron chi connectivity index (χ3n) is 4.24. The molecule has 2 aliphatic rings. The Kier molecular flexibility index (Phi) is 4.03. The molecule has 0 aromatic heterocycles. The Morgan fingerprint density at radius 2 is 1.86 bits per heavy atom. The van der Waals surface area contributed by atoms with Crippen molar-refractivity contribution in [3.63, 3.8) is 0 Å². The lowest BCUT2D eigenvalue weighted by molar-refractivity contribution is -0.0319. The summed E-state index contributed by atoms with van der Waals surface area (Å²) in [5, 5.41) is 6.69. The zero-order valence-electron chi connectivity index (χ0n) is 12.3. The molecule has 2 amide bonds. The fourth-order valence-electron chi connectivity index (χ4n) is 3.11. The highest BCUT2D eigenvalue weighted by atomic mass is 16.2. The van der Waals surface area contributed by atoms with E-state index in [1.54, 1.807) is 24.3 Å². The number of carbonyl (C=O) groups excluding carboxylic acids is 2. The Labute approximate surface area is 124 Å². The van der Waals surface area contributed by atoms with E-state index in [-0.39, 0.29) is 17.9 Å². The number of hydrazine groups is 1. The molecule has 1 unspecified atom stereocenters. The zero-order chi connectivity index (χ0) is 14.8. The normalized spacial score (nSPS) is 22.7. The molecule has 0 bridgehead atoms. The van der Waals surface area contributed by atoms with Crippen LogP contribution in [0.25, 0.3) is 0 Å². The van der Waals surface area contributed by atoms with Crippen molar-refractivity contribution in [2.45, 2.75) is 32.2 Å². The number of hydrogen-bond donors (Lipinski definition) is 1. The van der Waals surface area contributed by atoms with Crippen molar-refractivity contribution in [3.8, 4) is 0 Å². The van der Waals surface area contributed by atoms with E-state index < -0.39 is 0 Å². The third kappa shape index (κ3) is 2.47. The molecule has 2 heterocycles. The highest BCUT2D eigenvalue weighted by Gasteiger charge is 2.41. The molecule has 112 valence electrons. The summed E-state index contributed by atoms with van der Waals surface area (Å²) >= 11 is 0. The first kappa shape index (κ1) is 14.2. The smallest absolute Gasteiger partial charge is 0.276 e. The van der Waals surface area contributed by atoms with Crippen molar-refractivity contribution in [2.24, 2.45) is 0 Å². The Bertz CT molecular complexity index is 523. The highest BCUT2D eigenvalue weighted by Crippen LogP contribution is 2.26. The summed E-state index contributed by atoms with van der Waals surface area (Å²) in [5.74, 6) is -0.363. The van der Waals surface area contributed by atoms with E-state index >= 15 is 0 Å². The van der Waals surface area contributed by atoms with Gasteiger partial charge in [-0.2, -0.15) is 0 Å². The first-order valence-electron chi connectivity index (χ1n) is 7.69. The number of unbranched alkanes of at least 4 members (excludes halogenated alkanes) is 1. The minimum atomic E-state index is -0.181. The van der Waals surface area contributed by atoms with E-state index in [4.69, 9.17) is 0 Å². The number of nitrogens with zero attached hydrogens (tertiary/aromatic N) is 2. The van der Waals surface area contributed by atoms with Gasteiger partial charge in [0.1, 0.15) is 0 Å². The van der Waals surface area contributed by atoms with Crippen LogP contribution in [0.3, 0.4) is 0 Å². The predicted octanol–water partition coefficient (Wildman–Crippen LogP) is 1.66. The maximum absolute atomic E-state index is 12.6. The Hall–Kier alpha value is -1.72. The van der Waals surface area contributed by atoms with Crippen LogP contribution >= 0.6 is 0 Å². The summed E-state index contributed by atoms with van der Waals surface area (Å²) in [6, 6.07) is 7.29. The number of hydrogen-bond acceptors (Lipinski definition) is 4. The van der Waals surface area contributed by atoms with Crippen LogP contribution in [-0.2, 0) is 0 Å². The number of piperazine rings is 1. The summed E-state index contributed by atoms with van der Waals surface area (Å²) in [4.78, 5) is 25.1. The number of amides is 2. The zero-order valence-corrected chi connectivity index (χ0v) is 12.3. The maximum Gasteiger partial charge on any atom is 0.276 e. The molecular weight excluding hydrogens is 266 g/mol. The predicted molar refractivity (Wildman–Crippen MR) is 79.8 cm³/mol. The summed E-state index contributed by atoms with van der Waals surface area (Å²) in [6.07, 6.45) is 3.22. The molecule has 3 rings (SSSR count). The van der Waals surface area contributed by atoms with E-state index in [1.807, 2.05) is 5.01 Å². The summed E-state index contributed by atoms with van der Waals surface area (Å²) in [5.41, 5.74) is 1.05. The molecular formula is C16H21N3O2. The molecule has 1 aromatic carbocycles. The lowest BCUT2D eigenvalue weighted by atomic mass is 10.1. The molecule has 5 heteroatoms. The quantitative estimate of drug-likeness (QED) is 0.856. The van der Waals surface area contributed by atoms with Gasteiger partial charge in [-0.3, -0.25) is 9.59 Å². The van der Waals surface area contributed by atoms with Gasteiger partial charge in [0, 0.05) is 25.7 Å². The molecule has 0 spiro atoms. The number of fused-ring (bicyclic) bond motifs is 1. The number of benzene rings is 1. The molecule has 1 atom stereocenters. The Morgan fingerprint density at radius 3 is 2.48 bits per heavy atom. The average Bonchev–Trinajstić information content (AvgIpc) is 2.78. The van der Waals surface area contributed by atoms with Crippen LogP contribution in [0.15, 0.2) is 24.3 Å². The second kappa shape index (κ2) is 5.95. The lowest BCUT2D eigenvalue weighted by Gasteiger charge is -2.40. The fourth-order valence-corrected chi connectivity index (χ4v) is 3.11. The van der Waals surface area contributed by atoms with Crippen LogP contribution in [0.5, 0.6) is 0 Å². The molecule has 1 aromatic rings. The molecule has 2 aliphatic heterocycles. The Balaban J connectivity index is 1.86. The van der Waals surface area contributed by atoms with Crippen LogP contribution < -0.4 is 5.32 Å². The SMILES string of the molecule is CCCCC1CNCCN1N1C(=O)c2ccccc2C1=O. The first-order chi connectivity index (χ1) is 10.2. The Morgan fingerprint density at radius 1 is 1.19 bits per heavy atom. The van der Waals surface area contributed by atoms with Crippen molar-refractivity contribution in [2.75, 3.05) is 19.6 Å². The van der Waals surface area contributed by atoms with E-state index in [0.717, 1.165) is 32.4 Å². The number of carbonyl (C=O) groups is 2. The highest BCUT2D eigenvalue weighted by molar-refractivity contribution is 6.20. The van der Waals surface area contributed by atoms with Gasteiger partial charge in [0.15, 0.2) is 0 Å². The van der Waals surface area contributed by atoms with Crippen molar-refractivity contribution in [1.82, 2.24) is 15.3 Å². The van der Waals surface area contributed by atoms with Crippen molar-refractivity contribution in [1.29, 1.82) is 0 Å². The fraction of sp³-hybridized carbons (Fsp3) is 0.500. The maximum atomic E-state index is 12.6. The molecule has 5 nitrogen and oxygen atoms in total. The molecule has 0 aliphatic carbocycles. The minimum absolute atomic E-state index is 0.181. The summed E-state index contributed by atoms with van der Waals surface area (Å²) in [6.45, 7) is 4.48. The standard InChI is InChI=1S/C16H21N3O2/c1-2-3-6-12-11-17-9-10-18(12)19-15(20)13-7-4-5-8-14(13)16(19)21/h4-5,7-8,12,17H,2-3,6,9-11H2,1H3. The second-order valence-electron chi connectivity index (χ2n) is 5.63. The topological polar surface area (TPSA) is 52.6 Å². The first-order valence-corrected chi connectivity index (χ1v) is 7.69. The van der Waals surface area contributed by atoms with Gasteiger partial charge in [-0.05, 0) is 18.6 Å². The molecule has 1 N–H and O–H groups in total. The van der Waals surface area contributed by atoms with E-state index in [2.05, 4.69) is 12.2 Å². The van der Waals surface area contributed by atoms with Crippen molar-refractivity contribution in [3.05, 3.63) is 35.4 Å². The molecule has 0 saturated carbocycles. The average molecular weight is 287 g/mol. The van der Waals surface area contributed by atoms with Gasteiger partial charge in [0.25, 0.3) is 11.8 Å². The van der Waals surface area contributed by atoms with Crippen molar-refractivity contribution >= 4 is 11.8 Å². The monoisotopic (exact) mass is 287 g/mol. The van der Waals surface area contributed by atoms with Gasteiger partial charge in [0.2, 0.25) is 0 Å². The van der Waals surface area contributed by atoms with E-state index in [1.165, 1.54) is 5.01 Å². The lowest BCUT2D eigenvalue weighted by Crippen LogP contribution is -2.59. The van der Waals surface area contributed by atoms with Gasteiger partial charge in [-0.15, -0.1) is 0 Å². The van der Waals surface area contributed by atoms with Gasteiger partial charge < -0.3 is 5.32 Å². The summed E-state index contributed by atoms with van der Waals surface area (Å²) in [7, 11) is 0. The molecule has 0 radical (unpaired) electrons. The van der Waals surface area contributed by atoms with Crippen LogP contribution in [0, 0.1) is 0 Å². The third-order valence-corrected chi connectivity index (χ3v) is 4.24. The van der Waals surface area contributed by atoms with E-state index in [9.17, 15) is 9.59 Å². The molecule has 1 saturated heterocycles. The second-order valence-corrected chi connectivity index (χ2v) is 5.63. The van der Waals surface area contributed by atoms with Crippen molar-refractivity contribution < 1.29 is 9.59 Å². The van der Waals surface area contributed by atoms with Gasteiger partial charge >= 0.3 is 0 Å². The van der Waals surface area contributed by atoms with Crippen LogP contribution in [0.4, 0.5) is 0 Å². The molecule has 1 fully saturated rings. The van der Waals surface area contributed by atoms with Gasteiger partial charge in [-0.25, -0.2) is 10.0 Å². The number of imide groups is 1. The number of rotatable bonds is 4. The minimum Gasteiger partial charge on any atom is -0.314 e. The summed E-state index contributed by atoms with van der Waals surface area (Å²) < 4.78 is 0. The van der Waals surface area contributed by atoms with Crippen LogP contribution in [0.2, 0.25) is 0 Å². The largest absolute Gasteiger partial charge is 0.314 e. The van der Waals surface area contributed by atoms with Crippen LogP contribution in [0.1, 0.15) is 46.9 Å².